The first-order chi connectivity index (χ1) is 11.7. The van der Waals surface area contributed by atoms with Crippen molar-refractivity contribution in [2.75, 3.05) is 11.1 Å². The summed E-state index contributed by atoms with van der Waals surface area (Å²) < 4.78 is 15.1. The summed E-state index contributed by atoms with van der Waals surface area (Å²) in [7, 11) is 0. The molecular weight excluding hydrogens is 327 g/mol. The van der Waals surface area contributed by atoms with E-state index < -0.39 is 0 Å². The van der Waals surface area contributed by atoms with Gasteiger partial charge in [0.15, 0.2) is 0 Å². The molecule has 3 aromatic rings. The first-order valence-electron chi connectivity index (χ1n) is 7.37. The normalized spacial score (nSPS) is 10.6. The van der Waals surface area contributed by atoms with Crippen LogP contribution in [0.2, 0.25) is 0 Å². The van der Waals surface area contributed by atoms with Crippen molar-refractivity contribution in [3.8, 4) is 5.69 Å². The van der Waals surface area contributed by atoms with Crippen LogP contribution in [0.5, 0.6) is 0 Å². The summed E-state index contributed by atoms with van der Waals surface area (Å²) >= 11 is 1.61. The number of carbonyl (C=O) groups is 1. The summed E-state index contributed by atoms with van der Waals surface area (Å²) in [6, 6.07) is 9.84. The quantitative estimate of drug-likeness (QED) is 0.717. The lowest BCUT2D eigenvalue weighted by Crippen LogP contribution is -2.11. The SMILES string of the molecule is CCSc1ccc(C(=O)Nc2cnn(-c3ccccc3F)c2)cn1. The van der Waals surface area contributed by atoms with E-state index in [1.165, 1.54) is 23.1 Å². The number of hydrogen-bond acceptors (Lipinski definition) is 4. The van der Waals surface area contributed by atoms with Gasteiger partial charge in [-0.15, -0.1) is 11.8 Å². The fourth-order valence-corrected chi connectivity index (χ4v) is 2.70. The van der Waals surface area contributed by atoms with Gasteiger partial charge in [0.2, 0.25) is 0 Å². The van der Waals surface area contributed by atoms with Crippen molar-refractivity contribution in [2.24, 2.45) is 0 Å². The number of nitrogens with one attached hydrogen (secondary N) is 1. The van der Waals surface area contributed by atoms with Gasteiger partial charge in [0, 0.05) is 6.20 Å². The molecule has 0 aliphatic heterocycles. The summed E-state index contributed by atoms with van der Waals surface area (Å²) in [5.74, 6) is 0.253. The van der Waals surface area contributed by atoms with Crippen LogP contribution in [0, 0.1) is 5.82 Å². The van der Waals surface area contributed by atoms with Crippen molar-refractivity contribution in [1.82, 2.24) is 14.8 Å². The van der Waals surface area contributed by atoms with Gasteiger partial charge < -0.3 is 5.32 Å². The molecule has 0 fully saturated rings. The van der Waals surface area contributed by atoms with Crippen LogP contribution in [-0.4, -0.2) is 26.4 Å². The molecule has 2 heterocycles. The predicted molar refractivity (Wildman–Crippen MR) is 92.1 cm³/mol. The van der Waals surface area contributed by atoms with Gasteiger partial charge in [-0.3, -0.25) is 4.79 Å². The molecule has 0 aliphatic carbocycles. The van der Waals surface area contributed by atoms with E-state index >= 15 is 0 Å². The van der Waals surface area contributed by atoms with Crippen LogP contribution in [-0.2, 0) is 0 Å². The number of benzene rings is 1. The number of halogens is 1. The number of para-hydroxylation sites is 1. The maximum Gasteiger partial charge on any atom is 0.257 e. The van der Waals surface area contributed by atoms with Crippen molar-refractivity contribution >= 4 is 23.4 Å². The molecule has 7 heteroatoms. The van der Waals surface area contributed by atoms with Crippen LogP contribution in [0.25, 0.3) is 5.69 Å². The van der Waals surface area contributed by atoms with Crippen molar-refractivity contribution in [3.63, 3.8) is 0 Å². The third-order valence-corrected chi connectivity index (χ3v) is 4.06. The summed E-state index contributed by atoms with van der Waals surface area (Å²) in [5, 5.41) is 7.68. The average Bonchev–Trinajstić information content (AvgIpc) is 3.04. The smallest absolute Gasteiger partial charge is 0.257 e. The predicted octanol–water partition coefficient (Wildman–Crippen LogP) is 3.77. The van der Waals surface area contributed by atoms with E-state index in [0.717, 1.165) is 10.8 Å². The molecule has 2 aromatic heterocycles. The van der Waals surface area contributed by atoms with E-state index in [9.17, 15) is 9.18 Å². The maximum atomic E-state index is 13.8. The molecule has 1 N–H and O–H groups in total. The highest BCUT2D eigenvalue weighted by molar-refractivity contribution is 7.99. The molecule has 0 atom stereocenters. The van der Waals surface area contributed by atoms with E-state index in [0.29, 0.717) is 16.9 Å². The fraction of sp³-hybridized carbons (Fsp3) is 0.118. The van der Waals surface area contributed by atoms with Gasteiger partial charge in [-0.2, -0.15) is 5.10 Å². The lowest BCUT2D eigenvalue weighted by molar-refractivity contribution is 0.102. The fourth-order valence-electron chi connectivity index (χ4n) is 2.11. The van der Waals surface area contributed by atoms with Crippen molar-refractivity contribution in [1.29, 1.82) is 0 Å². The highest BCUT2D eigenvalue weighted by Crippen LogP contribution is 2.17. The molecule has 0 radical (unpaired) electrons. The average molecular weight is 342 g/mol. The number of nitrogens with zero attached hydrogens (tertiary/aromatic N) is 3. The van der Waals surface area contributed by atoms with E-state index in [1.807, 2.05) is 13.0 Å². The van der Waals surface area contributed by atoms with Crippen LogP contribution in [0.15, 0.2) is 60.0 Å². The number of pyridine rings is 1. The molecule has 0 saturated heterocycles. The van der Waals surface area contributed by atoms with E-state index in [4.69, 9.17) is 0 Å². The van der Waals surface area contributed by atoms with Crippen molar-refractivity contribution in [3.05, 3.63) is 66.4 Å². The molecule has 122 valence electrons. The first-order valence-corrected chi connectivity index (χ1v) is 8.35. The van der Waals surface area contributed by atoms with Gasteiger partial charge >= 0.3 is 0 Å². The van der Waals surface area contributed by atoms with Gasteiger partial charge in [0.1, 0.15) is 11.5 Å². The number of anilines is 1. The molecule has 1 amide bonds. The number of carbonyl (C=O) groups excluding carboxylic acids is 1. The maximum absolute atomic E-state index is 13.8. The van der Waals surface area contributed by atoms with Crippen LogP contribution < -0.4 is 5.32 Å². The number of hydrogen-bond donors (Lipinski definition) is 1. The molecule has 3 rings (SSSR count). The van der Waals surface area contributed by atoms with Crippen LogP contribution in [0.3, 0.4) is 0 Å². The summed E-state index contributed by atoms with van der Waals surface area (Å²) in [6.45, 7) is 2.04. The second-order valence-electron chi connectivity index (χ2n) is 4.90. The van der Waals surface area contributed by atoms with Gasteiger partial charge in [-0.25, -0.2) is 14.1 Å². The molecule has 5 nitrogen and oxygen atoms in total. The largest absolute Gasteiger partial charge is 0.319 e. The Hall–Kier alpha value is -2.67. The Labute approximate surface area is 142 Å². The first kappa shape index (κ1) is 16.2. The minimum Gasteiger partial charge on any atom is -0.319 e. The number of rotatable bonds is 5. The van der Waals surface area contributed by atoms with Crippen molar-refractivity contribution in [2.45, 2.75) is 11.9 Å². The zero-order valence-corrected chi connectivity index (χ0v) is 13.8. The lowest BCUT2D eigenvalue weighted by Gasteiger charge is -2.04. The Morgan fingerprint density at radius 1 is 1.25 bits per heavy atom. The second-order valence-corrected chi connectivity index (χ2v) is 6.18. The van der Waals surface area contributed by atoms with Gasteiger partial charge in [-0.05, 0) is 30.0 Å². The van der Waals surface area contributed by atoms with Gasteiger partial charge in [0.25, 0.3) is 5.91 Å². The molecule has 0 spiro atoms. The zero-order chi connectivity index (χ0) is 16.9. The molecule has 0 unspecified atom stereocenters. The van der Waals surface area contributed by atoms with Gasteiger partial charge in [0.05, 0.1) is 28.7 Å². The highest BCUT2D eigenvalue weighted by Gasteiger charge is 2.10. The molecule has 1 aromatic carbocycles. The Kier molecular flexibility index (Phi) is 4.90. The topological polar surface area (TPSA) is 59.8 Å². The third kappa shape index (κ3) is 3.62. The lowest BCUT2D eigenvalue weighted by atomic mass is 10.2. The zero-order valence-electron chi connectivity index (χ0n) is 12.9. The van der Waals surface area contributed by atoms with E-state index in [-0.39, 0.29) is 11.7 Å². The molecule has 0 aliphatic rings. The van der Waals surface area contributed by atoms with E-state index in [1.54, 1.807) is 42.2 Å². The molecule has 0 bridgehead atoms. The van der Waals surface area contributed by atoms with Crippen LogP contribution in [0.1, 0.15) is 17.3 Å². The standard InChI is InChI=1S/C17H15FN4OS/c1-2-24-16-8-7-12(9-19-16)17(23)21-13-10-20-22(11-13)15-6-4-3-5-14(15)18/h3-11H,2H2,1H3,(H,21,23). The Morgan fingerprint density at radius 2 is 2.08 bits per heavy atom. The summed E-state index contributed by atoms with van der Waals surface area (Å²) in [6.07, 6.45) is 4.57. The molecule has 24 heavy (non-hydrogen) atoms. The Morgan fingerprint density at radius 3 is 2.79 bits per heavy atom. The van der Waals surface area contributed by atoms with Gasteiger partial charge in [-0.1, -0.05) is 19.1 Å². The molecular formula is C17H15FN4OS. The number of thioether (sulfide) groups is 1. The summed E-state index contributed by atoms with van der Waals surface area (Å²) in [5.41, 5.74) is 1.25. The van der Waals surface area contributed by atoms with Crippen LogP contribution >= 0.6 is 11.8 Å². The monoisotopic (exact) mass is 342 g/mol. The highest BCUT2D eigenvalue weighted by atomic mass is 32.2. The second kappa shape index (κ2) is 7.27. The Balaban J connectivity index is 1.72. The Bertz CT molecular complexity index is 848. The van der Waals surface area contributed by atoms with E-state index in [2.05, 4.69) is 15.4 Å². The minimum atomic E-state index is -0.383. The number of aromatic nitrogens is 3. The van der Waals surface area contributed by atoms with Crippen LogP contribution in [0.4, 0.5) is 10.1 Å². The third-order valence-electron chi connectivity index (χ3n) is 3.23. The summed E-state index contributed by atoms with van der Waals surface area (Å²) in [4.78, 5) is 16.5. The number of amides is 1. The molecule has 0 saturated carbocycles. The minimum absolute atomic E-state index is 0.288. The van der Waals surface area contributed by atoms with Crippen molar-refractivity contribution < 1.29 is 9.18 Å².